The highest BCUT2D eigenvalue weighted by Gasteiger charge is 2.34. The standard InChI is InChI=1S/C12H16BrClN2O2S/c1-8-7-16(9(2)6-15-8)19(17,18)12-4-3-10(13)5-11(12)14/h3-5,8-9,15H,6-7H2,1-2H3. The molecule has 2 atom stereocenters. The van der Waals surface area contributed by atoms with Crippen LogP contribution in [0.1, 0.15) is 13.8 Å². The van der Waals surface area contributed by atoms with Gasteiger partial charge in [0.15, 0.2) is 0 Å². The second-order valence-electron chi connectivity index (χ2n) is 4.81. The van der Waals surface area contributed by atoms with E-state index in [1.54, 1.807) is 18.2 Å². The Hall–Kier alpha value is -0.140. The molecule has 0 bridgehead atoms. The van der Waals surface area contributed by atoms with Crippen molar-refractivity contribution in [1.82, 2.24) is 9.62 Å². The van der Waals surface area contributed by atoms with Crippen molar-refractivity contribution < 1.29 is 8.42 Å². The van der Waals surface area contributed by atoms with Gasteiger partial charge in [-0.3, -0.25) is 0 Å². The van der Waals surface area contributed by atoms with Crippen molar-refractivity contribution >= 4 is 37.6 Å². The van der Waals surface area contributed by atoms with Crippen molar-refractivity contribution in [3.05, 3.63) is 27.7 Å². The average Bonchev–Trinajstić information content (AvgIpc) is 2.31. The first kappa shape index (κ1) is 15.3. The normalized spacial score (nSPS) is 25.5. The maximum absolute atomic E-state index is 12.7. The van der Waals surface area contributed by atoms with Crippen molar-refractivity contribution in [1.29, 1.82) is 0 Å². The number of nitrogens with zero attached hydrogens (tertiary/aromatic N) is 1. The van der Waals surface area contributed by atoms with Gasteiger partial charge in [-0.05, 0) is 32.0 Å². The summed E-state index contributed by atoms with van der Waals surface area (Å²) in [7, 11) is -3.55. The molecule has 1 aromatic rings. The Labute approximate surface area is 127 Å². The lowest BCUT2D eigenvalue weighted by Gasteiger charge is -2.36. The van der Waals surface area contributed by atoms with E-state index in [0.29, 0.717) is 13.1 Å². The van der Waals surface area contributed by atoms with E-state index in [2.05, 4.69) is 21.2 Å². The summed E-state index contributed by atoms with van der Waals surface area (Å²) in [4.78, 5) is 0.165. The van der Waals surface area contributed by atoms with E-state index < -0.39 is 10.0 Å². The second kappa shape index (κ2) is 5.69. The Morgan fingerprint density at radius 2 is 2.11 bits per heavy atom. The summed E-state index contributed by atoms with van der Waals surface area (Å²) in [6, 6.07) is 4.89. The van der Waals surface area contributed by atoms with Gasteiger partial charge in [-0.1, -0.05) is 27.5 Å². The van der Waals surface area contributed by atoms with E-state index in [9.17, 15) is 8.42 Å². The Kier molecular flexibility index (Phi) is 4.57. The maximum Gasteiger partial charge on any atom is 0.244 e. The summed E-state index contributed by atoms with van der Waals surface area (Å²) in [5.41, 5.74) is 0. The molecule has 1 heterocycles. The van der Waals surface area contributed by atoms with Crippen LogP contribution in [0.3, 0.4) is 0 Å². The van der Waals surface area contributed by atoms with Crippen molar-refractivity contribution in [3.8, 4) is 0 Å². The molecule has 0 aromatic heterocycles. The highest BCUT2D eigenvalue weighted by molar-refractivity contribution is 9.10. The van der Waals surface area contributed by atoms with Crippen LogP contribution in [0.25, 0.3) is 0 Å². The van der Waals surface area contributed by atoms with Crippen LogP contribution in [0.4, 0.5) is 0 Å². The number of nitrogens with one attached hydrogen (secondary N) is 1. The van der Waals surface area contributed by atoms with Gasteiger partial charge < -0.3 is 5.32 Å². The van der Waals surface area contributed by atoms with E-state index in [-0.39, 0.29) is 22.0 Å². The molecule has 2 unspecified atom stereocenters. The molecule has 1 fully saturated rings. The molecule has 0 spiro atoms. The van der Waals surface area contributed by atoms with Crippen LogP contribution >= 0.6 is 27.5 Å². The van der Waals surface area contributed by atoms with Gasteiger partial charge in [-0.15, -0.1) is 0 Å². The molecule has 0 aliphatic carbocycles. The largest absolute Gasteiger partial charge is 0.311 e. The zero-order valence-electron chi connectivity index (χ0n) is 10.7. The number of piperazine rings is 1. The SMILES string of the molecule is CC1CN(S(=O)(=O)c2ccc(Br)cc2Cl)C(C)CN1. The summed E-state index contributed by atoms with van der Waals surface area (Å²) >= 11 is 9.34. The minimum atomic E-state index is -3.55. The van der Waals surface area contributed by atoms with Crippen LogP contribution in [-0.2, 0) is 10.0 Å². The van der Waals surface area contributed by atoms with Gasteiger partial charge in [0.05, 0.1) is 5.02 Å². The summed E-state index contributed by atoms with van der Waals surface area (Å²) < 4.78 is 27.6. The number of rotatable bonds is 2. The summed E-state index contributed by atoms with van der Waals surface area (Å²) in [5, 5.41) is 3.51. The molecule has 1 aliphatic heterocycles. The molecule has 0 saturated carbocycles. The first-order chi connectivity index (χ1) is 8.82. The van der Waals surface area contributed by atoms with Crippen molar-refractivity contribution in [2.24, 2.45) is 0 Å². The third-order valence-corrected chi connectivity index (χ3v) is 6.14. The fourth-order valence-electron chi connectivity index (χ4n) is 2.13. The molecule has 0 amide bonds. The number of hydrogen-bond acceptors (Lipinski definition) is 3. The zero-order valence-corrected chi connectivity index (χ0v) is 13.9. The first-order valence-electron chi connectivity index (χ1n) is 6.02. The third kappa shape index (κ3) is 3.13. The van der Waals surface area contributed by atoms with Crippen LogP contribution in [0.5, 0.6) is 0 Å². The predicted octanol–water partition coefficient (Wildman–Crippen LogP) is 2.47. The molecule has 106 valence electrons. The van der Waals surface area contributed by atoms with Crippen molar-refractivity contribution in [3.63, 3.8) is 0 Å². The van der Waals surface area contributed by atoms with Gasteiger partial charge in [0.1, 0.15) is 4.90 Å². The number of hydrogen-bond donors (Lipinski definition) is 1. The Morgan fingerprint density at radius 1 is 1.42 bits per heavy atom. The van der Waals surface area contributed by atoms with E-state index in [4.69, 9.17) is 11.6 Å². The third-order valence-electron chi connectivity index (χ3n) is 3.19. The maximum atomic E-state index is 12.7. The smallest absolute Gasteiger partial charge is 0.244 e. The van der Waals surface area contributed by atoms with Crippen LogP contribution < -0.4 is 5.32 Å². The van der Waals surface area contributed by atoms with Gasteiger partial charge in [0, 0.05) is 29.6 Å². The molecule has 1 N–H and O–H groups in total. The fraction of sp³-hybridized carbons (Fsp3) is 0.500. The van der Waals surface area contributed by atoms with Gasteiger partial charge in [-0.2, -0.15) is 4.31 Å². The molecule has 19 heavy (non-hydrogen) atoms. The Bertz CT molecular complexity index is 579. The molecule has 1 aromatic carbocycles. The average molecular weight is 368 g/mol. The topological polar surface area (TPSA) is 49.4 Å². The molecule has 1 saturated heterocycles. The molecular formula is C12H16BrClN2O2S. The van der Waals surface area contributed by atoms with E-state index in [0.717, 1.165) is 4.47 Å². The molecule has 4 nitrogen and oxygen atoms in total. The van der Waals surface area contributed by atoms with E-state index in [1.807, 2.05) is 13.8 Å². The Balaban J connectivity index is 2.41. The summed E-state index contributed by atoms with van der Waals surface area (Å²) in [6.07, 6.45) is 0. The first-order valence-corrected chi connectivity index (χ1v) is 8.63. The van der Waals surface area contributed by atoms with Crippen LogP contribution in [0.2, 0.25) is 5.02 Å². The van der Waals surface area contributed by atoms with Gasteiger partial charge in [0.25, 0.3) is 0 Å². The quantitative estimate of drug-likeness (QED) is 0.873. The lowest BCUT2D eigenvalue weighted by Crippen LogP contribution is -2.56. The van der Waals surface area contributed by atoms with Crippen LogP contribution in [0.15, 0.2) is 27.6 Å². The minimum absolute atomic E-state index is 0.0825. The minimum Gasteiger partial charge on any atom is -0.311 e. The number of halogens is 2. The molecule has 1 aliphatic rings. The van der Waals surface area contributed by atoms with E-state index in [1.165, 1.54) is 4.31 Å². The summed E-state index contributed by atoms with van der Waals surface area (Å²) in [5.74, 6) is 0. The molecule has 2 rings (SSSR count). The molecule has 0 radical (unpaired) electrons. The van der Waals surface area contributed by atoms with Crippen molar-refractivity contribution in [2.45, 2.75) is 30.8 Å². The predicted molar refractivity (Wildman–Crippen MR) is 80.0 cm³/mol. The Morgan fingerprint density at radius 3 is 2.74 bits per heavy atom. The van der Waals surface area contributed by atoms with Gasteiger partial charge in [-0.25, -0.2) is 8.42 Å². The molecular weight excluding hydrogens is 352 g/mol. The van der Waals surface area contributed by atoms with Crippen molar-refractivity contribution in [2.75, 3.05) is 13.1 Å². The van der Waals surface area contributed by atoms with Gasteiger partial charge >= 0.3 is 0 Å². The fourth-order valence-corrected chi connectivity index (χ4v) is 4.87. The van der Waals surface area contributed by atoms with Crippen LogP contribution in [0, 0.1) is 0 Å². The lowest BCUT2D eigenvalue weighted by atomic mass is 10.2. The number of benzene rings is 1. The zero-order chi connectivity index (χ0) is 14.2. The monoisotopic (exact) mass is 366 g/mol. The molecule has 7 heteroatoms. The van der Waals surface area contributed by atoms with Gasteiger partial charge in [0.2, 0.25) is 10.0 Å². The lowest BCUT2D eigenvalue weighted by molar-refractivity contribution is 0.244. The summed E-state index contributed by atoms with van der Waals surface area (Å²) in [6.45, 7) is 4.96. The second-order valence-corrected chi connectivity index (χ2v) is 7.99. The van der Waals surface area contributed by atoms with Crippen LogP contribution in [-0.4, -0.2) is 37.9 Å². The highest BCUT2D eigenvalue weighted by atomic mass is 79.9. The highest BCUT2D eigenvalue weighted by Crippen LogP contribution is 2.29. The number of sulfonamides is 1. The van der Waals surface area contributed by atoms with E-state index >= 15 is 0 Å².